The minimum Gasteiger partial charge on any atom is -0.370 e. The summed E-state index contributed by atoms with van der Waals surface area (Å²) in [4.78, 5) is 2.26. The first-order valence-electron chi connectivity index (χ1n) is 6.17. The molecule has 88 valence electrons. The Balaban J connectivity index is 1.90. The number of nitrogens with zero attached hydrogens (tertiary/aromatic N) is 2. The standard InChI is InChI=1S/C14H15FN2/c15-12-2-3-13(11(8-12)9-16)17-7-1-4-14(10-17)5-6-14/h2-3,8H,1,4-7,10H2. The summed E-state index contributed by atoms with van der Waals surface area (Å²) in [6.45, 7) is 2.02. The molecule has 0 amide bonds. The summed E-state index contributed by atoms with van der Waals surface area (Å²) in [5, 5.41) is 9.08. The highest BCUT2D eigenvalue weighted by molar-refractivity contribution is 5.60. The molecule has 0 atom stereocenters. The number of halogens is 1. The third-order valence-electron chi connectivity index (χ3n) is 4.04. The summed E-state index contributed by atoms with van der Waals surface area (Å²) >= 11 is 0. The lowest BCUT2D eigenvalue weighted by Gasteiger charge is -2.35. The molecule has 1 aliphatic carbocycles. The predicted molar refractivity (Wildman–Crippen MR) is 64.2 cm³/mol. The van der Waals surface area contributed by atoms with E-state index in [9.17, 15) is 4.39 Å². The van der Waals surface area contributed by atoms with E-state index < -0.39 is 0 Å². The number of anilines is 1. The monoisotopic (exact) mass is 230 g/mol. The number of hydrogen-bond donors (Lipinski definition) is 0. The molecule has 1 aromatic rings. The molecule has 1 heterocycles. The maximum Gasteiger partial charge on any atom is 0.124 e. The van der Waals surface area contributed by atoms with Crippen LogP contribution in [0.4, 0.5) is 10.1 Å². The van der Waals surface area contributed by atoms with E-state index in [0.717, 1.165) is 18.8 Å². The smallest absolute Gasteiger partial charge is 0.124 e. The van der Waals surface area contributed by atoms with E-state index >= 15 is 0 Å². The molecule has 2 nitrogen and oxygen atoms in total. The van der Waals surface area contributed by atoms with Crippen molar-refractivity contribution in [1.29, 1.82) is 5.26 Å². The quantitative estimate of drug-likeness (QED) is 0.741. The maximum atomic E-state index is 13.1. The minimum atomic E-state index is -0.330. The average molecular weight is 230 g/mol. The first-order chi connectivity index (χ1) is 8.22. The summed E-state index contributed by atoms with van der Waals surface area (Å²) in [5.74, 6) is -0.330. The molecule has 1 saturated carbocycles. The Hall–Kier alpha value is -1.56. The van der Waals surface area contributed by atoms with Gasteiger partial charge in [0.2, 0.25) is 0 Å². The molecule has 0 N–H and O–H groups in total. The van der Waals surface area contributed by atoms with Gasteiger partial charge < -0.3 is 4.90 Å². The highest BCUT2D eigenvalue weighted by atomic mass is 19.1. The van der Waals surface area contributed by atoms with E-state index in [1.165, 1.54) is 37.8 Å². The lowest BCUT2D eigenvalue weighted by molar-refractivity contribution is 0.395. The second-order valence-corrected chi connectivity index (χ2v) is 5.30. The zero-order chi connectivity index (χ0) is 11.9. The largest absolute Gasteiger partial charge is 0.370 e. The molecule has 1 spiro atoms. The molecule has 1 aliphatic heterocycles. The third kappa shape index (κ3) is 1.88. The molecule has 1 aromatic carbocycles. The highest BCUT2D eigenvalue weighted by Gasteiger charge is 2.45. The van der Waals surface area contributed by atoms with E-state index in [4.69, 9.17) is 5.26 Å². The molecule has 2 aliphatic rings. The Labute approximate surface area is 101 Å². The Kier molecular flexibility index (Phi) is 2.32. The van der Waals surface area contributed by atoms with Crippen molar-refractivity contribution in [1.82, 2.24) is 0 Å². The molecule has 3 heteroatoms. The molecule has 0 unspecified atom stereocenters. The topological polar surface area (TPSA) is 27.0 Å². The summed E-state index contributed by atoms with van der Waals surface area (Å²) in [5.41, 5.74) is 1.88. The third-order valence-corrected chi connectivity index (χ3v) is 4.04. The number of piperidine rings is 1. The number of hydrogen-bond acceptors (Lipinski definition) is 2. The molecule has 17 heavy (non-hydrogen) atoms. The van der Waals surface area contributed by atoms with Crippen LogP contribution >= 0.6 is 0 Å². The van der Waals surface area contributed by atoms with Gasteiger partial charge >= 0.3 is 0 Å². The van der Waals surface area contributed by atoms with Crippen LogP contribution in [-0.4, -0.2) is 13.1 Å². The molecule has 0 bridgehead atoms. The van der Waals surface area contributed by atoms with Crippen LogP contribution in [0.2, 0.25) is 0 Å². The first kappa shape index (κ1) is 10.6. The van der Waals surface area contributed by atoms with Crippen LogP contribution in [0, 0.1) is 22.6 Å². The second kappa shape index (κ2) is 3.73. The van der Waals surface area contributed by atoms with Gasteiger partial charge in [-0.3, -0.25) is 0 Å². The fraction of sp³-hybridized carbons (Fsp3) is 0.500. The van der Waals surface area contributed by atoms with Crippen LogP contribution in [0.3, 0.4) is 0 Å². The zero-order valence-corrected chi connectivity index (χ0v) is 9.75. The van der Waals surface area contributed by atoms with Gasteiger partial charge in [-0.25, -0.2) is 4.39 Å². The molecule has 0 aromatic heterocycles. The van der Waals surface area contributed by atoms with Crippen LogP contribution in [0.15, 0.2) is 18.2 Å². The molecule has 1 saturated heterocycles. The SMILES string of the molecule is N#Cc1cc(F)ccc1N1CCCC2(CC2)C1. The van der Waals surface area contributed by atoms with E-state index in [1.54, 1.807) is 6.07 Å². The number of nitriles is 1. The van der Waals surface area contributed by atoms with Gasteiger partial charge in [0.15, 0.2) is 0 Å². The Morgan fingerprint density at radius 1 is 1.29 bits per heavy atom. The van der Waals surface area contributed by atoms with Crippen molar-refractivity contribution < 1.29 is 4.39 Å². The van der Waals surface area contributed by atoms with Crippen molar-refractivity contribution in [2.45, 2.75) is 25.7 Å². The lowest BCUT2D eigenvalue weighted by Crippen LogP contribution is -2.36. The average Bonchev–Trinajstić information content (AvgIpc) is 3.08. The molecular weight excluding hydrogens is 215 g/mol. The molecule has 0 radical (unpaired) electrons. The van der Waals surface area contributed by atoms with Crippen molar-refractivity contribution in [3.8, 4) is 6.07 Å². The Bertz CT molecular complexity index is 485. The van der Waals surface area contributed by atoms with Gasteiger partial charge in [-0.05, 0) is 49.3 Å². The van der Waals surface area contributed by atoms with Crippen LogP contribution in [-0.2, 0) is 0 Å². The Morgan fingerprint density at radius 3 is 2.82 bits per heavy atom. The molecule has 3 rings (SSSR count). The summed E-state index contributed by atoms with van der Waals surface area (Å²) < 4.78 is 13.1. The van der Waals surface area contributed by atoms with E-state index in [0.29, 0.717) is 11.0 Å². The maximum absolute atomic E-state index is 13.1. The molecular formula is C14H15FN2. The Morgan fingerprint density at radius 2 is 2.12 bits per heavy atom. The van der Waals surface area contributed by atoms with Crippen molar-refractivity contribution in [2.75, 3.05) is 18.0 Å². The fourth-order valence-corrected chi connectivity index (χ4v) is 2.87. The van der Waals surface area contributed by atoms with Crippen molar-refractivity contribution in [3.05, 3.63) is 29.6 Å². The van der Waals surface area contributed by atoms with Gasteiger partial charge in [0.05, 0.1) is 11.3 Å². The van der Waals surface area contributed by atoms with Gasteiger partial charge in [-0.2, -0.15) is 5.26 Å². The van der Waals surface area contributed by atoms with Gasteiger partial charge in [0.1, 0.15) is 11.9 Å². The lowest BCUT2D eigenvalue weighted by atomic mass is 9.94. The van der Waals surface area contributed by atoms with E-state index in [1.807, 2.05) is 0 Å². The molecule has 2 fully saturated rings. The summed E-state index contributed by atoms with van der Waals surface area (Å²) in [6.07, 6.45) is 5.12. The summed E-state index contributed by atoms with van der Waals surface area (Å²) in [7, 11) is 0. The van der Waals surface area contributed by atoms with E-state index in [2.05, 4.69) is 11.0 Å². The fourth-order valence-electron chi connectivity index (χ4n) is 2.87. The zero-order valence-electron chi connectivity index (χ0n) is 9.75. The van der Waals surface area contributed by atoms with Crippen molar-refractivity contribution in [3.63, 3.8) is 0 Å². The van der Waals surface area contributed by atoms with Crippen LogP contribution < -0.4 is 4.90 Å². The van der Waals surface area contributed by atoms with Gasteiger partial charge in [0, 0.05) is 13.1 Å². The number of rotatable bonds is 1. The van der Waals surface area contributed by atoms with Gasteiger partial charge in [-0.15, -0.1) is 0 Å². The number of benzene rings is 1. The van der Waals surface area contributed by atoms with Crippen LogP contribution in [0.1, 0.15) is 31.2 Å². The predicted octanol–water partition coefficient (Wildman–Crippen LogP) is 3.08. The van der Waals surface area contributed by atoms with E-state index in [-0.39, 0.29) is 5.82 Å². The minimum absolute atomic E-state index is 0.330. The second-order valence-electron chi connectivity index (χ2n) is 5.30. The first-order valence-corrected chi connectivity index (χ1v) is 6.17. The van der Waals surface area contributed by atoms with Gasteiger partial charge in [-0.1, -0.05) is 0 Å². The summed E-state index contributed by atoms with van der Waals surface area (Å²) in [6, 6.07) is 6.63. The highest BCUT2D eigenvalue weighted by Crippen LogP contribution is 2.52. The van der Waals surface area contributed by atoms with Crippen LogP contribution in [0.5, 0.6) is 0 Å². The normalized spacial score (nSPS) is 21.3. The van der Waals surface area contributed by atoms with Gasteiger partial charge in [0.25, 0.3) is 0 Å². The van der Waals surface area contributed by atoms with Crippen molar-refractivity contribution >= 4 is 5.69 Å². The van der Waals surface area contributed by atoms with Crippen LogP contribution in [0.25, 0.3) is 0 Å². The van der Waals surface area contributed by atoms with Crippen molar-refractivity contribution in [2.24, 2.45) is 5.41 Å².